The molecular weight excluding hydrogens is 292 g/mol. The molecule has 3 N–H and O–H groups in total. The Morgan fingerprint density at radius 1 is 1.19 bits per heavy atom. The van der Waals surface area contributed by atoms with Crippen molar-refractivity contribution >= 4 is 15.7 Å². The molecule has 1 rings (SSSR count). The van der Waals surface area contributed by atoms with E-state index < -0.39 is 10.0 Å². The molecule has 120 valence electrons. The maximum absolute atomic E-state index is 12.4. The van der Waals surface area contributed by atoms with Crippen LogP contribution in [0.15, 0.2) is 17.0 Å². The first kappa shape index (κ1) is 17.6. The maximum atomic E-state index is 12.4. The number of ether oxygens (including phenoxy) is 2. The van der Waals surface area contributed by atoms with Gasteiger partial charge in [-0.15, -0.1) is 0 Å². The molecule has 0 aliphatic rings. The number of nitrogens with one attached hydrogen (secondary N) is 1. The zero-order valence-corrected chi connectivity index (χ0v) is 14.0. The molecule has 1 aromatic carbocycles. The predicted molar refractivity (Wildman–Crippen MR) is 83.2 cm³/mol. The van der Waals surface area contributed by atoms with Gasteiger partial charge in [0.2, 0.25) is 10.0 Å². The fraction of sp³-hybridized carbons (Fsp3) is 0.571. The van der Waals surface area contributed by atoms with Gasteiger partial charge in [-0.3, -0.25) is 0 Å². The molecule has 0 aromatic heterocycles. The summed E-state index contributed by atoms with van der Waals surface area (Å²) in [5.41, 5.74) is 5.90. The Kier molecular flexibility index (Phi) is 5.47. The summed E-state index contributed by atoms with van der Waals surface area (Å²) in [7, 11) is -0.842. The molecule has 0 aliphatic carbocycles. The van der Waals surface area contributed by atoms with Crippen LogP contribution >= 0.6 is 0 Å². The minimum atomic E-state index is -3.70. The van der Waals surface area contributed by atoms with Crippen molar-refractivity contribution in [2.24, 2.45) is 5.41 Å². The lowest BCUT2D eigenvalue weighted by molar-refractivity contribution is 0.349. The summed E-state index contributed by atoms with van der Waals surface area (Å²) in [4.78, 5) is 0.00945. The largest absolute Gasteiger partial charge is 0.495 e. The van der Waals surface area contributed by atoms with Gasteiger partial charge in [0.25, 0.3) is 0 Å². The number of nitrogens with two attached hydrogens (primary N) is 1. The molecule has 21 heavy (non-hydrogen) atoms. The quantitative estimate of drug-likeness (QED) is 0.751. The van der Waals surface area contributed by atoms with Crippen molar-refractivity contribution in [3.63, 3.8) is 0 Å². The Labute approximate surface area is 126 Å². The first-order valence-electron chi connectivity index (χ1n) is 6.68. The molecule has 7 heteroatoms. The van der Waals surface area contributed by atoms with Crippen LogP contribution in [-0.2, 0) is 10.0 Å². The number of hydrogen-bond donors (Lipinski definition) is 2. The highest BCUT2D eigenvalue weighted by Gasteiger charge is 2.25. The molecule has 0 radical (unpaired) electrons. The minimum Gasteiger partial charge on any atom is -0.495 e. The average Bonchev–Trinajstić information content (AvgIpc) is 2.45. The third kappa shape index (κ3) is 4.25. The lowest BCUT2D eigenvalue weighted by Crippen LogP contribution is -2.33. The van der Waals surface area contributed by atoms with Crippen LogP contribution in [0.4, 0.5) is 5.69 Å². The second kappa shape index (κ2) is 6.53. The first-order valence-corrected chi connectivity index (χ1v) is 8.16. The van der Waals surface area contributed by atoms with E-state index in [4.69, 9.17) is 15.2 Å². The topological polar surface area (TPSA) is 90.7 Å². The highest BCUT2D eigenvalue weighted by atomic mass is 32.2. The van der Waals surface area contributed by atoms with Gasteiger partial charge in [0.1, 0.15) is 16.4 Å². The number of benzene rings is 1. The van der Waals surface area contributed by atoms with Gasteiger partial charge in [-0.05, 0) is 17.9 Å². The standard InChI is InChI=1S/C14H24N2O4S/c1-6-14(2,3)9-16-21(17,18)13-7-10(15)11(19-4)8-12(13)20-5/h7-8,16H,6,9,15H2,1-5H3. The van der Waals surface area contributed by atoms with Crippen molar-refractivity contribution in [3.05, 3.63) is 12.1 Å². The minimum absolute atomic E-state index is 0.00945. The molecule has 0 fully saturated rings. The summed E-state index contributed by atoms with van der Waals surface area (Å²) in [6.07, 6.45) is 0.859. The molecule has 0 atom stereocenters. The lowest BCUT2D eigenvalue weighted by Gasteiger charge is -2.23. The van der Waals surface area contributed by atoms with Crippen LogP contribution in [0.3, 0.4) is 0 Å². The van der Waals surface area contributed by atoms with E-state index in [9.17, 15) is 8.42 Å². The van der Waals surface area contributed by atoms with Gasteiger partial charge in [0, 0.05) is 12.6 Å². The summed E-state index contributed by atoms with van der Waals surface area (Å²) >= 11 is 0. The summed E-state index contributed by atoms with van der Waals surface area (Å²) < 4.78 is 37.7. The Bertz CT molecular complexity index is 597. The second-order valence-corrected chi connectivity index (χ2v) is 7.32. The van der Waals surface area contributed by atoms with Crippen molar-refractivity contribution in [2.75, 3.05) is 26.5 Å². The van der Waals surface area contributed by atoms with E-state index in [-0.39, 0.29) is 21.7 Å². The fourth-order valence-electron chi connectivity index (χ4n) is 1.60. The zero-order chi connectivity index (χ0) is 16.3. The Morgan fingerprint density at radius 2 is 1.76 bits per heavy atom. The van der Waals surface area contributed by atoms with Crippen LogP contribution in [0, 0.1) is 5.41 Å². The number of rotatable bonds is 7. The molecule has 0 bridgehead atoms. The van der Waals surface area contributed by atoms with Gasteiger partial charge < -0.3 is 15.2 Å². The molecule has 6 nitrogen and oxygen atoms in total. The summed E-state index contributed by atoms with van der Waals surface area (Å²) in [6.45, 7) is 6.34. The van der Waals surface area contributed by atoms with Gasteiger partial charge in [0.05, 0.1) is 19.9 Å². The summed E-state index contributed by atoms with van der Waals surface area (Å²) in [5.74, 6) is 0.572. The van der Waals surface area contributed by atoms with Crippen molar-refractivity contribution in [2.45, 2.75) is 32.1 Å². The fourth-order valence-corrected chi connectivity index (χ4v) is 3.02. The third-order valence-electron chi connectivity index (χ3n) is 3.50. The molecule has 0 heterocycles. The number of nitrogen functional groups attached to an aromatic ring is 1. The Hall–Kier alpha value is -1.47. The van der Waals surface area contributed by atoms with Crippen LogP contribution in [0.5, 0.6) is 11.5 Å². The molecule has 0 unspecified atom stereocenters. The maximum Gasteiger partial charge on any atom is 0.244 e. The van der Waals surface area contributed by atoms with E-state index in [1.54, 1.807) is 0 Å². The molecule has 0 spiro atoms. The van der Waals surface area contributed by atoms with E-state index in [2.05, 4.69) is 4.72 Å². The summed E-state index contributed by atoms with van der Waals surface area (Å²) in [5, 5.41) is 0. The highest BCUT2D eigenvalue weighted by molar-refractivity contribution is 7.89. The van der Waals surface area contributed by atoms with Gasteiger partial charge in [0.15, 0.2) is 0 Å². The smallest absolute Gasteiger partial charge is 0.244 e. The third-order valence-corrected chi connectivity index (χ3v) is 4.93. The van der Waals surface area contributed by atoms with E-state index in [0.717, 1.165) is 6.42 Å². The van der Waals surface area contributed by atoms with Crippen molar-refractivity contribution in [3.8, 4) is 11.5 Å². The van der Waals surface area contributed by atoms with Crippen LogP contribution in [-0.4, -0.2) is 29.2 Å². The lowest BCUT2D eigenvalue weighted by atomic mass is 9.91. The normalized spacial score (nSPS) is 12.2. The highest BCUT2D eigenvalue weighted by Crippen LogP contribution is 2.33. The number of hydrogen-bond acceptors (Lipinski definition) is 5. The Balaban J connectivity index is 3.16. The molecule has 0 saturated carbocycles. The zero-order valence-electron chi connectivity index (χ0n) is 13.2. The predicted octanol–water partition coefficient (Wildman–Crippen LogP) is 2.00. The monoisotopic (exact) mass is 316 g/mol. The number of methoxy groups -OCH3 is 2. The van der Waals surface area contributed by atoms with Crippen LogP contribution in [0.1, 0.15) is 27.2 Å². The SMILES string of the molecule is CCC(C)(C)CNS(=O)(=O)c1cc(N)c(OC)cc1OC. The van der Waals surface area contributed by atoms with Crippen molar-refractivity contribution in [1.82, 2.24) is 4.72 Å². The van der Waals surface area contributed by atoms with E-state index in [1.165, 1.54) is 26.4 Å². The first-order chi connectivity index (χ1) is 9.66. The van der Waals surface area contributed by atoms with Crippen LogP contribution < -0.4 is 19.9 Å². The second-order valence-electron chi connectivity index (χ2n) is 5.59. The molecule has 0 saturated heterocycles. The van der Waals surface area contributed by atoms with Gasteiger partial charge in [-0.1, -0.05) is 20.8 Å². The molecule has 0 aliphatic heterocycles. The van der Waals surface area contributed by atoms with Gasteiger partial charge in [-0.2, -0.15) is 0 Å². The summed E-state index contributed by atoms with van der Waals surface area (Å²) in [6, 6.07) is 2.81. The van der Waals surface area contributed by atoms with Crippen molar-refractivity contribution in [1.29, 1.82) is 0 Å². The van der Waals surface area contributed by atoms with E-state index >= 15 is 0 Å². The van der Waals surface area contributed by atoms with E-state index in [1.807, 2.05) is 20.8 Å². The molecule has 0 amide bonds. The number of sulfonamides is 1. The van der Waals surface area contributed by atoms with E-state index in [0.29, 0.717) is 12.3 Å². The van der Waals surface area contributed by atoms with Crippen LogP contribution in [0.2, 0.25) is 0 Å². The number of anilines is 1. The molecular formula is C14H24N2O4S. The molecule has 1 aromatic rings. The van der Waals surface area contributed by atoms with Gasteiger partial charge in [-0.25, -0.2) is 13.1 Å². The van der Waals surface area contributed by atoms with Crippen molar-refractivity contribution < 1.29 is 17.9 Å². The average molecular weight is 316 g/mol. The van der Waals surface area contributed by atoms with Crippen LogP contribution in [0.25, 0.3) is 0 Å². The van der Waals surface area contributed by atoms with Gasteiger partial charge >= 0.3 is 0 Å². The Morgan fingerprint density at radius 3 is 2.24 bits per heavy atom.